The molecule has 0 aromatic heterocycles. The Morgan fingerprint density at radius 2 is 2.00 bits per heavy atom. The maximum Gasteiger partial charge on any atom is 0.325 e. The van der Waals surface area contributed by atoms with Gasteiger partial charge < -0.3 is 15.4 Å². The van der Waals surface area contributed by atoms with Crippen molar-refractivity contribution in [1.29, 1.82) is 0 Å². The van der Waals surface area contributed by atoms with E-state index in [1.165, 1.54) is 31.2 Å². The number of rotatable bonds is 8. The highest BCUT2D eigenvalue weighted by Gasteiger charge is 2.49. The number of amides is 4. The lowest BCUT2D eigenvalue weighted by Crippen LogP contribution is -2.43. The minimum Gasteiger partial charge on any atom is -0.382 e. The van der Waals surface area contributed by atoms with E-state index in [0.29, 0.717) is 31.7 Å². The number of carbonyl (C=O) groups is 3. The molecule has 1 atom stereocenters. The third kappa shape index (κ3) is 4.33. The molecule has 0 saturated carbocycles. The number of urea groups is 1. The van der Waals surface area contributed by atoms with Crippen LogP contribution in [-0.2, 0) is 19.9 Å². The van der Waals surface area contributed by atoms with Gasteiger partial charge in [-0.15, -0.1) is 0 Å². The third-order valence-corrected chi connectivity index (χ3v) is 3.99. The largest absolute Gasteiger partial charge is 0.382 e. The summed E-state index contributed by atoms with van der Waals surface area (Å²) in [6.07, 6.45) is 0.646. The highest BCUT2D eigenvalue weighted by atomic mass is 19.1. The molecule has 25 heavy (non-hydrogen) atoms. The molecule has 4 amide bonds. The monoisotopic (exact) mass is 351 g/mol. The molecule has 2 N–H and O–H groups in total. The molecule has 0 spiro atoms. The summed E-state index contributed by atoms with van der Waals surface area (Å²) >= 11 is 0. The number of benzene rings is 1. The van der Waals surface area contributed by atoms with E-state index < -0.39 is 29.2 Å². The molecule has 1 aliphatic rings. The molecule has 2 rings (SSSR count). The van der Waals surface area contributed by atoms with Crippen LogP contribution in [0.25, 0.3) is 0 Å². The first-order valence-electron chi connectivity index (χ1n) is 8.13. The molecule has 1 aliphatic heterocycles. The smallest absolute Gasteiger partial charge is 0.325 e. The van der Waals surface area contributed by atoms with E-state index in [1.54, 1.807) is 0 Å². The summed E-state index contributed by atoms with van der Waals surface area (Å²) in [5.74, 6) is -1.41. The van der Waals surface area contributed by atoms with Gasteiger partial charge in [0.15, 0.2) is 0 Å². The molecule has 7 nitrogen and oxygen atoms in total. The number of hydrogen-bond acceptors (Lipinski definition) is 4. The number of nitrogens with zero attached hydrogens (tertiary/aromatic N) is 1. The van der Waals surface area contributed by atoms with Crippen LogP contribution >= 0.6 is 0 Å². The highest BCUT2D eigenvalue weighted by Crippen LogP contribution is 2.28. The van der Waals surface area contributed by atoms with Crippen molar-refractivity contribution in [3.63, 3.8) is 0 Å². The van der Waals surface area contributed by atoms with Crippen molar-refractivity contribution < 1.29 is 23.5 Å². The fourth-order valence-corrected chi connectivity index (χ4v) is 2.57. The topological polar surface area (TPSA) is 87.7 Å². The summed E-state index contributed by atoms with van der Waals surface area (Å²) in [5, 5.41) is 5.21. The average molecular weight is 351 g/mol. The number of halogens is 1. The second-order valence-corrected chi connectivity index (χ2v) is 5.85. The quantitative estimate of drug-likeness (QED) is 0.543. The molecule has 1 unspecified atom stereocenters. The number of ether oxygens (including phenoxy) is 1. The molecule has 0 aliphatic carbocycles. The molecule has 136 valence electrons. The lowest BCUT2D eigenvalue weighted by molar-refractivity contribution is -0.134. The second-order valence-electron chi connectivity index (χ2n) is 5.85. The van der Waals surface area contributed by atoms with Crippen molar-refractivity contribution in [3.05, 3.63) is 35.6 Å². The summed E-state index contributed by atoms with van der Waals surface area (Å²) in [6, 6.07) is 4.65. The number of hydrogen-bond donors (Lipinski definition) is 2. The van der Waals surface area contributed by atoms with Gasteiger partial charge >= 0.3 is 6.03 Å². The Labute approximate surface area is 145 Å². The van der Waals surface area contributed by atoms with Crippen molar-refractivity contribution in [3.8, 4) is 0 Å². The predicted octanol–water partition coefficient (Wildman–Crippen LogP) is 1.14. The highest BCUT2D eigenvalue weighted by molar-refractivity contribution is 6.09. The molecule has 1 aromatic carbocycles. The van der Waals surface area contributed by atoms with Gasteiger partial charge in [-0.1, -0.05) is 12.1 Å². The van der Waals surface area contributed by atoms with Gasteiger partial charge in [-0.05, 0) is 38.0 Å². The lowest BCUT2D eigenvalue weighted by Gasteiger charge is -2.22. The fourth-order valence-electron chi connectivity index (χ4n) is 2.57. The van der Waals surface area contributed by atoms with Crippen molar-refractivity contribution in [2.75, 3.05) is 26.3 Å². The van der Waals surface area contributed by atoms with E-state index in [2.05, 4.69) is 10.6 Å². The minimum absolute atomic E-state index is 0.365. The molecule has 0 radical (unpaired) electrons. The maximum absolute atomic E-state index is 13.1. The zero-order chi connectivity index (χ0) is 18.4. The van der Waals surface area contributed by atoms with E-state index in [1.807, 2.05) is 6.92 Å². The normalized spacial score (nSPS) is 19.9. The zero-order valence-corrected chi connectivity index (χ0v) is 14.3. The van der Waals surface area contributed by atoms with Crippen LogP contribution in [0.5, 0.6) is 0 Å². The summed E-state index contributed by atoms with van der Waals surface area (Å²) < 4.78 is 18.2. The van der Waals surface area contributed by atoms with Crippen molar-refractivity contribution in [1.82, 2.24) is 15.5 Å². The Morgan fingerprint density at radius 1 is 1.32 bits per heavy atom. The number of imide groups is 1. The van der Waals surface area contributed by atoms with Gasteiger partial charge in [0.2, 0.25) is 5.91 Å². The average Bonchev–Trinajstić information content (AvgIpc) is 2.79. The van der Waals surface area contributed by atoms with E-state index in [9.17, 15) is 18.8 Å². The standard InChI is InChI=1S/C17H22FN3O4/c1-3-25-10-4-9-19-14(22)11-21-15(23)17(2,20-16(21)24)12-5-7-13(18)8-6-12/h5-8H,3-4,9-11H2,1-2H3,(H,19,22)(H,20,24). The van der Waals surface area contributed by atoms with Gasteiger partial charge in [-0.25, -0.2) is 9.18 Å². The SMILES string of the molecule is CCOCCCNC(=O)CN1C(=O)NC(C)(c2ccc(F)cc2)C1=O. The Balaban J connectivity index is 1.96. The molecule has 1 saturated heterocycles. The van der Waals surface area contributed by atoms with E-state index in [-0.39, 0.29) is 6.54 Å². The van der Waals surface area contributed by atoms with Crippen LogP contribution in [-0.4, -0.2) is 49.0 Å². The first-order valence-corrected chi connectivity index (χ1v) is 8.13. The predicted molar refractivity (Wildman–Crippen MR) is 88.1 cm³/mol. The van der Waals surface area contributed by atoms with Gasteiger partial charge in [-0.3, -0.25) is 14.5 Å². The Morgan fingerprint density at radius 3 is 2.64 bits per heavy atom. The molecule has 1 fully saturated rings. The molecular weight excluding hydrogens is 329 g/mol. The van der Waals surface area contributed by atoms with Crippen LogP contribution in [0.15, 0.2) is 24.3 Å². The van der Waals surface area contributed by atoms with E-state index in [0.717, 1.165) is 4.90 Å². The molecule has 1 aromatic rings. The Bertz CT molecular complexity index is 650. The van der Waals surface area contributed by atoms with Gasteiger partial charge in [0, 0.05) is 19.8 Å². The lowest BCUT2D eigenvalue weighted by atomic mass is 9.92. The Hall–Kier alpha value is -2.48. The van der Waals surface area contributed by atoms with Crippen LogP contribution in [0, 0.1) is 5.82 Å². The van der Waals surface area contributed by atoms with Gasteiger partial charge in [0.25, 0.3) is 5.91 Å². The fraction of sp³-hybridized carbons (Fsp3) is 0.471. The van der Waals surface area contributed by atoms with Gasteiger partial charge in [-0.2, -0.15) is 0 Å². The van der Waals surface area contributed by atoms with Gasteiger partial charge in [0.05, 0.1) is 0 Å². The summed E-state index contributed by atoms with van der Waals surface area (Å²) in [4.78, 5) is 37.5. The second kappa shape index (κ2) is 8.06. The van der Waals surface area contributed by atoms with Crippen LogP contribution in [0.3, 0.4) is 0 Å². The van der Waals surface area contributed by atoms with Gasteiger partial charge in [0.1, 0.15) is 17.9 Å². The van der Waals surface area contributed by atoms with Crippen LogP contribution in [0.4, 0.5) is 9.18 Å². The van der Waals surface area contributed by atoms with Crippen LogP contribution in [0.1, 0.15) is 25.8 Å². The molecular formula is C17H22FN3O4. The molecule has 8 heteroatoms. The summed E-state index contributed by atoms with van der Waals surface area (Å²) in [6.45, 7) is 4.59. The zero-order valence-electron chi connectivity index (χ0n) is 14.3. The molecule has 0 bridgehead atoms. The summed E-state index contributed by atoms with van der Waals surface area (Å²) in [5.41, 5.74) is -0.869. The van der Waals surface area contributed by atoms with Crippen molar-refractivity contribution in [2.24, 2.45) is 0 Å². The summed E-state index contributed by atoms with van der Waals surface area (Å²) in [7, 11) is 0. The van der Waals surface area contributed by atoms with Crippen molar-refractivity contribution >= 4 is 17.8 Å². The number of nitrogens with one attached hydrogen (secondary N) is 2. The first-order chi connectivity index (χ1) is 11.9. The number of carbonyl (C=O) groups excluding carboxylic acids is 3. The van der Waals surface area contributed by atoms with Crippen LogP contribution < -0.4 is 10.6 Å². The molecule has 1 heterocycles. The van der Waals surface area contributed by atoms with Crippen LogP contribution in [0.2, 0.25) is 0 Å². The van der Waals surface area contributed by atoms with E-state index >= 15 is 0 Å². The third-order valence-electron chi connectivity index (χ3n) is 3.99. The van der Waals surface area contributed by atoms with Crippen molar-refractivity contribution in [2.45, 2.75) is 25.8 Å². The van der Waals surface area contributed by atoms with E-state index in [4.69, 9.17) is 4.74 Å². The first kappa shape index (κ1) is 18.9. The maximum atomic E-state index is 13.1. The Kier molecular flexibility index (Phi) is 6.08. The minimum atomic E-state index is -1.32.